The van der Waals surface area contributed by atoms with Crippen molar-refractivity contribution in [2.45, 2.75) is 12.8 Å². The normalized spacial score (nSPS) is 12.9. The molecule has 126 valence electrons. The van der Waals surface area contributed by atoms with Gasteiger partial charge in [0.15, 0.2) is 0 Å². The van der Waals surface area contributed by atoms with Crippen LogP contribution in [0, 0.1) is 11.8 Å². The summed E-state index contributed by atoms with van der Waals surface area (Å²) in [5.41, 5.74) is 2.10. The molecule has 0 aromatic heterocycles. The molecule has 0 aliphatic carbocycles. The zero-order valence-electron chi connectivity index (χ0n) is 14.2. The molecule has 2 amide bonds. The van der Waals surface area contributed by atoms with Gasteiger partial charge in [0.05, 0.1) is 11.8 Å². The van der Waals surface area contributed by atoms with Crippen LogP contribution in [-0.4, -0.2) is 25.9 Å². The SMILES string of the molecule is CNC(=O)C(Cc1ccccc1)C(Cc1ccccc1)C(=O)NC. The average molecular weight is 324 g/mol. The van der Waals surface area contributed by atoms with Crippen LogP contribution in [0.2, 0.25) is 0 Å². The average Bonchev–Trinajstić information content (AvgIpc) is 2.65. The lowest BCUT2D eigenvalue weighted by Gasteiger charge is -2.25. The summed E-state index contributed by atoms with van der Waals surface area (Å²) in [6.45, 7) is 0. The third-order valence-corrected chi connectivity index (χ3v) is 4.25. The van der Waals surface area contributed by atoms with E-state index >= 15 is 0 Å². The van der Waals surface area contributed by atoms with Crippen LogP contribution in [0.4, 0.5) is 0 Å². The first-order chi connectivity index (χ1) is 11.7. The molecule has 0 radical (unpaired) electrons. The predicted octanol–water partition coefficient (Wildman–Crippen LogP) is 2.20. The van der Waals surface area contributed by atoms with Crippen molar-refractivity contribution < 1.29 is 9.59 Å². The zero-order chi connectivity index (χ0) is 17.4. The first-order valence-corrected chi connectivity index (χ1v) is 8.16. The van der Waals surface area contributed by atoms with Crippen molar-refractivity contribution in [3.8, 4) is 0 Å². The standard InChI is InChI=1S/C20H24N2O2/c1-21-19(23)17(13-15-9-5-3-6-10-15)18(20(24)22-2)14-16-11-7-4-8-12-16/h3-12,17-18H,13-14H2,1-2H3,(H,21,23)(H,22,24). The van der Waals surface area contributed by atoms with Gasteiger partial charge in [-0.1, -0.05) is 60.7 Å². The van der Waals surface area contributed by atoms with E-state index in [9.17, 15) is 9.59 Å². The van der Waals surface area contributed by atoms with Crippen molar-refractivity contribution in [3.05, 3.63) is 71.8 Å². The van der Waals surface area contributed by atoms with Crippen molar-refractivity contribution in [1.82, 2.24) is 10.6 Å². The maximum Gasteiger partial charge on any atom is 0.224 e. The van der Waals surface area contributed by atoms with E-state index in [2.05, 4.69) is 10.6 Å². The van der Waals surface area contributed by atoms with E-state index in [1.54, 1.807) is 14.1 Å². The summed E-state index contributed by atoms with van der Waals surface area (Å²) in [6.07, 6.45) is 1.07. The molecule has 0 bridgehead atoms. The summed E-state index contributed by atoms with van der Waals surface area (Å²) >= 11 is 0. The van der Waals surface area contributed by atoms with Crippen LogP contribution in [0.25, 0.3) is 0 Å². The number of amides is 2. The number of hydrogen-bond acceptors (Lipinski definition) is 2. The number of carbonyl (C=O) groups is 2. The summed E-state index contributed by atoms with van der Waals surface area (Å²) in [4.78, 5) is 25.0. The third-order valence-electron chi connectivity index (χ3n) is 4.25. The Morgan fingerprint density at radius 1 is 0.708 bits per heavy atom. The molecule has 0 fully saturated rings. The number of rotatable bonds is 7. The fourth-order valence-electron chi connectivity index (χ4n) is 2.94. The van der Waals surface area contributed by atoms with E-state index in [-0.39, 0.29) is 11.8 Å². The summed E-state index contributed by atoms with van der Waals surface area (Å²) in [6, 6.07) is 19.6. The van der Waals surface area contributed by atoms with Crippen molar-refractivity contribution in [1.29, 1.82) is 0 Å². The quantitative estimate of drug-likeness (QED) is 0.820. The molecule has 24 heavy (non-hydrogen) atoms. The highest BCUT2D eigenvalue weighted by molar-refractivity contribution is 5.87. The molecule has 0 saturated heterocycles. The van der Waals surface area contributed by atoms with Gasteiger partial charge in [-0.15, -0.1) is 0 Å². The molecule has 0 aliphatic rings. The highest BCUT2D eigenvalue weighted by Crippen LogP contribution is 2.23. The Bertz CT molecular complexity index is 596. The predicted molar refractivity (Wildman–Crippen MR) is 95.4 cm³/mol. The van der Waals surface area contributed by atoms with Gasteiger partial charge in [0.1, 0.15) is 0 Å². The molecule has 4 nitrogen and oxygen atoms in total. The molecular formula is C20H24N2O2. The van der Waals surface area contributed by atoms with E-state index in [1.807, 2.05) is 60.7 Å². The Labute approximate surface area is 143 Å². The maximum absolute atomic E-state index is 12.5. The lowest BCUT2D eigenvalue weighted by molar-refractivity contribution is -0.134. The van der Waals surface area contributed by atoms with Gasteiger partial charge >= 0.3 is 0 Å². The monoisotopic (exact) mass is 324 g/mol. The van der Waals surface area contributed by atoms with Gasteiger partial charge in [-0.2, -0.15) is 0 Å². The van der Waals surface area contributed by atoms with Gasteiger partial charge in [-0.05, 0) is 24.0 Å². The van der Waals surface area contributed by atoms with Gasteiger partial charge < -0.3 is 10.6 Å². The minimum atomic E-state index is -0.419. The van der Waals surface area contributed by atoms with Gasteiger partial charge in [0.25, 0.3) is 0 Å². The number of carbonyl (C=O) groups excluding carboxylic acids is 2. The largest absolute Gasteiger partial charge is 0.359 e. The summed E-state index contributed by atoms with van der Waals surface area (Å²) in [7, 11) is 3.23. The maximum atomic E-state index is 12.5. The Balaban J connectivity index is 2.29. The smallest absolute Gasteiger partial charge is 0.224 e. The molecule has 4 heteroatoms. The molecule has 2 atom stereocenters. The van der Waals surface area contributed by atoms with Crippen molar-refractivity contribution in [3.63, 3.8) is 0 Å². The van der Waals surface area contributed by atoms with E-state index < -0.39 is 11.8 Å². The number of hydrogen-bond donors (Lipinski definition) is 2. The van der Waals surface area contributed by atoms with E-state index in [4.69, 9.17) is 0 Å². The minimum Gasteiger partial charge on any atom is -0.359 e. The molecule has 2 rings (SSSR count). The molecule has 2 N–H and O–H groups in total. The van der Waals surface area contributed by atoms with Crippen molar-refractivity contribution in [2.75, 3.05) is 14.1 Å². The van der Waals surface area contributed by atoms with Crippen LogP contribution in [-0.2, 0) is 22.4 Å². The fraction of sp³-hybridized carbons (Fsp3) is 0.300. The Morgan fingerprint density at radius 3 is 1.33 bits per heavy atom. The topological polar surface area (TPSA) is 58.2 Å². The molecule has 0 saturated carbocycles. The third kappa shape index (κ3) is 4.69. The van der Waals surface area contributed by atoms with Crippen molar-refractivity contribution in [2.24, 2.45) is 11.8 Å². The van der Waals surface area contributed by atoms with Crippen LogP contribution < -0.4 is 10.6 Å². The molecule has 2 aromatic carbocycles. The van der Waals surface area contributed by atoms with Crippen LogP contribution >= 0.6 is 0 Å². The van der Waals surface area contributed by atoms with Gasteiger partial charge in [-0.3, -0.25) is 9.59 Å². The zero-order valence-corrected chi connectivity index (χ0v) is 14.2. The first-order valence-electron chi connectivity index (χ1n) is 8.16. The van der Waals surface area contributed by atoms with E-state index in [1.165, 1.54) is 0 Å². The second-order valence-electron chi connectivity index (χ2n) is 5.82. The van der Waals surface area contributed by atoms with Crippen molar-refractivity contribution >= 4 is 11.8 Å². The van der Waals surface area contributed by atoms with Gasteiger partial charge in [0, 0.05) is 14.1 Å². The highest BCUT2D eigenvalue weighted by Gasteiger charge is 2.33. The fourth-order valence-corrected chi connectivity index (χ4v) is 2.94. The Hall–Kier alpha value is -2.62. The Kier molecular flexibility index (Phi) is 6.55. The summed E-state index contributed by atoms with van der Waals surface area (Å²) < 4.78 is 0. The molecule has 0 spiro atoms. The van der Waals surface area contributed by atoms with Crippen LogP contribution in [0.3, 0.4) is 0 Å². The van der Waals surface area contributed by atoms with Gasteiger partial charge in [0.2, 0.25) is 11.8 Å². The molecule has 0 heterocycles. The highest BCUT2D eigenvalue weighted by atomic mass is 16.2. The molecular weight excluding hydrogens is 300 g/mol. The number of nitrogens with one attached hydrogen (secondary N) is 2. The molecule has 0 aliphatic heterocycles. The van der Waals surface area contributed by atoms with E-state index in [0.717, 1.165) is 11.1 Å². The second kappa shape index (κ2) is 8.87. The lowest BCUT2D eigenvalue weighted by Crippen LogP contribution is -2.42. The second-order valence-corrected chi connectivity index (χ2v) is 5.82. The van der Waals surface area contributed by atoms with Gasteiger partial charge in [-0.25, -0.2) is 0 Å². The van der Waals surface area contributed by atoms with Crippen LogP contribution in [0.1, 0.15) is 11.1 Å². The molecule has 2 aromatic rings. The van der Waals surface area contributed by atoms with E-state index in [0.29, 0.717) is 12.8 Å². The van der Waals surface area contributed by atoms with Crippen LogP contribution in [0.5, 0.6) is 0 Å². The Morgan fingerprint density at radius 2 is 1.04 bits per heavy atom. The summed E-state index contributed by atoms with van der Waals surface area (Å²) in [5.74, 6) is -1.05. The lowest BCUT2D eigenvalue weighted by atomic mass is 9.81. The molecule has 2 unspecified atom stereocenters. The minimum absolute atomic E-state index is 0.108. The van der Waals surface area contributed by atoms with Crippen LogP contribution in [0.15, 0.2) is 60.7 Å². The first kappa shape index (κ1) is 17.7. The summed E-state index contributed by atoms with van der Waals surface area (Å²) in [5, 5.41) is 5.42. The number of benzene rings is 2.